The van der Waals surface area contributed by atoms with Gasteiger partial charge in [-0.2, -0.15) is 0 Å². The van der Waals surface area contributed by atoms with Gasteiger partial charge >= 0.3 is 0 Å². The Labute approximate surface area is 198 Å². The molecular formula is C23H28ClN5O2S. The number of para-hydroxylation sites is 1. The topological polar surface area (TPSA) is 63.5 Å². The van der Waals surface area contributed by atoms with Crippen molar-refractivity contribution in [3.63, 3.8) is 0 Å². The fourth-order valence-electron chi connectivity index (χ4n) is 3.12. The van der Waals surface area contributed by atoms with E-state index in [-0.39, 0.29) is 17.7 Å². The molecule has 1 unspecified atom stereocenters. The van der Waals surface area contributed by atoms with E-state index in [2.05, 4.69) is 22.0 Å². The predicted octanol–water partition coefficient (Wildman–Crippen LogP) is 4.30. The van der Waals surface area contributed by atoms with Crippen LogP contribution < -0.4 is 4.74 Å². The first-order valence-electron chi connectivity index (χ1n) is 10.2. The Kier molecular flexibility index (Phi) is 8.17. The zero-order valence-electron chi connectivity index (χ0n) is 18.9. The van der Waals surface area contributed by atoms with E-state index in [1.807, 2.05) is 67.2 Å². The predicted molar refractivity (Wildman–Crippen MR) is 129 cm³/mol. The van der Waals surface area contributed by atoms with Gasteiger partial charge in [-0.05, 0) is 51.4 Å². The number of hydrogen-bond acceptors (Lipinski definition) is 6. The summed E-state index contributed by atoms with van der Waals surface area (Å²) in [7, 11) is 7.41. The Balaban J connectivity index is 1.78. The largest absolute Gasteiger partial charge is 0.496 e. The van der Waals surface area contributed by atoms with Crippen LogP contribution in [-0.2, 0) is 11.3 Å². The Hall–Kier alpha value is -2.55. The molecular weight excluding hydrogens is 446 g/mol. The molecule has 0 saturated heterocycles. The van der Waals surface area contributed by atoms with Crippen LogP contribution in [0.3, 0.4) is 0 Å². The first kappa shape index (κ1) is 24.1. The van der Waals surface area contributed by atoms with Crippen molar-refractivity contribution in [3.8, 4) is 11.4 Å². The first-order valence-corrected chi connectivity index (χ1v) is 11.5. The molecule has 0 aliphatic rings. The van der Waals surface area contributed by atoms with E-state index in [0.29, 0.717) is 16.7 Å². The van der Waals surface area contributed by atoms with Gasteiger partial charge < -0.3 is 9.64 Å². The van der Waals surface area contributed by atoms with Gasteiger partial charge in [0.2, 0.25) is 5.91 Å². The minimum atomic E-state index is -0.00577. The number of amides is 1. The van der Waals surface area contributed by atoms with Crippen LogP contribution in [0.15, 0.2) is 53.7 Å². The summed E-state index contributed by atoms with van der Waals surface area (Å²) < 4.78 is 7.38. The molecule has 1 aromatic heterocycles. The van der Waals surface area contributed by atoms with Crippen LogP contribution >= 0.6 is 23.4 Å². The van der Waals surface area contributed by atoms with Gasteiger partial charge in [0.05, 0.1) is 18.9 Å². The quantitative estimate of drug-likeness (QED) is 0.432. The van der Waals surface area contributed by atoms with Crippen molar-refractivity contribution in [2.45, 2.75) is 24.7 Å². The van der Waals surface area contributed by atoms with Crippen LogP contribution in [0.2, 0.25) is 5.02 Å². The molecule has 0 aliphatic heterocycles. The van der Waals surface area contributed by atoms with Gasteiger partial charge in [0, 0.05) is 29.9 Å². The van der Waals surface area contributed by atoms with E-state index >= 15 is 0 Å². The van der Waals surface area contributed by atoms with Crippen LogP contribution in [-0.4, -0.2) is 64.5 Å². The maximum absolute atomic E-state index is 12.8. The molecule has 3 rings (SSSR count). The molecule has 0 fully saturated rings. The fraction of sp³-hybridized carbons (Fsp3) is 0.348. The molecule has 1 amide bonds. The van der Waals surface area contributed by atoms with Crippen molar-refractivity contribution < 1.29 is 9.53 Å². The number of ether oxygens (including phenoxy) is 1. The highest BCUT2D eigenvalue weighted by Gasteiger charge is 2.22. The van der Waals surface area contributed by atoms with E-state index in [4.69, 9.17) is 16.3 Å². The number of halogens is 1. The van der Waals surface area contributed by atoms with Gasteiger partial charge in [-0.1, -0.05) is 41.6 Å². The Bertz CT molecular complexity index is 1050. The zero-order chi connectivity index (χ0) is 23.3. The molecule has 1 heterocycles. The number of methoxy groups -OCH3 is 1. The number of thioether (sulfide) groups is 1. The molecule has 0 aliphatic carbocycles. The van der Waals surface area contributed by atoms with Crippen LogP contribution in [0.5, 0.6) is 5.75 Å². The van der Waals surface area contributed by atoms with Crippen molar-refractivity contribution in [3.05, 3.63) is 64.9 Å². The molecule has 0 spiro atoms. The molecule has 7 nitrogen and oxygen atoms in total. The maximum atomic E-state index is 12.8. The normalized spacial score (nSPS) is 12.1. The molecule has 0 N–H and O–H groups in total. The number of rotatable bonds is 9. The number of carbonyl (C=O) groups excluding carboxylic acids is 1. The second-order valence-electron chi connectivity index (χ2n) is 7.64. The van der Waals surface area contributed by atoms with Gasteiger partial charge in [0.25, 0.3) is 0 Å². The SMILES string of the molecule is COc1ccccc1CN(C)C(=O)CSc1nnc(C(C)N(C)C)n1-c1ccc(Cl)cc1. The molecule has 9 heteroatoms. The highest BCUT2D eigenvalue weighted by molar-refractivity contribution is 7.99. The van der Waals surface area contributed by atoms with E-state index < -0.39 is 0 Å². The summed E-state index contributed by atoms with van der Waals surface area (Å²) >= 11 is 7.45. The number of hydrogen-bond donors (Lipinski definition) is 0. The summed E-state index contributed by atoms with van der Waals surface area (Å²) in [5.41, 5.74) is 1.86. The average molecular weight is 474 g/mol. The van der Waals surface area contributed by atoms with E-state index in [1.54, 1.807) is 19.1 Å². The van der Waals surface area contributed by atoms with Crippen molar-refractivity contribution in [2.75, 3.05) is 34.0 Å². The fourth-order valence-corrected chi connectivity index (χ4v) is 4.15. The highest BCUT2D eigenvalue weighted by Crippen LogP contribution is 2.28. The second-order valence-corrected chi connectivity index (χ2v) is 9.02. The van der Waals surface area contributed by atoms with Crippen molar-refractivity contribution in [1.29, 1.82) is 0 Å². The Morgan fingerprint density at radius 3 is 2.47 bits per heavy atom. The Morgan fingerprint density at radius 1 is 1.12 bits per heavy atom. The smallest absolute Gasteiger partial charge is 0.233 e. The Morgan fingerprint density at radius 2 is 1.81 bits per heavy atom. The van der Waals surface area contributed by atoms with Gasteiger partial charge in [-0.15, -0.1) is 10.2 Å². The summed E-state index contributed by atoms with van der Waals surface area (Å²) in [4.78, 5) is 16.6. The number of nitrogens with zero attached hydrogens (tertiary/aromatic N) is 5. The minimum absolute atomic E-state index is 0.00577. The molecule has 1 atom stereocenters. The summed E-state index contributed by atoms with van der Waals surface area (Å²) in [5.74, 6) is 1.81. The molecule has 0 saturated carbocycles. The van der Waals surface area contributed by atoms with Gasteiger partial charge in [-0.3, -0.25) is 14.3 Å². The number of aromatic nitrogens is 3. The zero-order valence-corrected chi connectivity index (χ0v) is 20.5. The maximum Gasteiger partial charge on any atom is 0.233 e. The van der Waals surface area contributed by atoms with Gasteiger partial charge in [0.15, 0.2) is 11.0 Å². The monoisotopic (exact) mass is 473 g/mol. The minimum Gasteiger partial charge on any atom is -0.496 e. The first-order chi connectivity index (χ1) is 15.3. The van der Waals surface area contributed by atoms with Crippen LogP contribution in [0.1, 0.15) is 24.4 Å². The molecule has 0 bridgehead atoms. The van der Waals surface area contributed by atoms with E-state index in [0.717, 1.165) is 22.8 Å². The van der Waals surface area contributed by atoms with Gasteiger partial charge in [0.1, 0.15) is 5.75 Å². The van der Waals surface area contributed by atoms with Crippen LogP contribution in [0, 0.1) is 0 Å². The van der Waals surface area contributed by atoms with Crippen molar-refractivity contribution in [1.82, 2.24) is 24.6 Å². The van der Waals surface area contributed by atoms with E-state index in [1.165, 1.54) is 11.8 Å². The molecule has 0 radical (unpaired) electrons. The summed E-state index contributed by atoms with van der Waals surface area (Å²) in [5, 5.41) is 10.1. The number of benzene rings is 2. The third-order valence-electron chi connectivity index (χ3n) is 5.24. The lowest BCUT2D eigenvalue weighted by Crippen LogP contribution is -2.28. The molecule has 32 heavy (non-hydrogen) atoms. The standard InChI is InChI=1S/C23H28ClN5O2S/c1-16(27(2)3)22-25-26-23(29(22)19-12-10-18(24)11-13-19)32-15-21(30)28(4)14-17-8-6-7-9-20(17)31-5/h6-13,16H,14-15H2,1-5H3. The highest BCUT2D eigenvalue weighted by atomic mass is 35.5. The lowest BCUT2D eigenvalue weighted by molar-refractivity contribution is -0.127. The summed E-state index contributed by atoms with van der Waals surface area (Å²) in [6.45, 7) is 2.53. The lowest BCUT2D eigenvalue weighted by Gasteiger charge is -2.21. The third kappa shape index (κ3) is 5.62. The van der Waals surface area contributed by atoms with Crippen LogP contribution in [0.4, 0.5) is 0 Å². The van der Waals surface area contributed by atoms with Crippen molar-refractivity contribution in [2.24, 2.45) is 0 Å². The van der Waals surface area contributed by atoms with E-state index in [9.17, 15) is 4.79 Å². The number of carbonyl (C=O) groups is 1. The third-order valence-corrected chi connectivity index (χ3v) is 6.41. The molecule has 2 aromatic carbocycles. The lowest BCUT2D eigenvalue weighted by atomic mass is 10.2. The summed E-state index contributed by atoms with van der Waals surface area (Å²) in [6, 6.07) is 15.3. The van der Waals surface area contributed by atoms with Crippen molar-refractivity contribution >= 4 is 29.3 Å². The van der Waals surface area contributed by atoms with Gasteiger partial charge in [-0.25, -0.2) is 0 Å². The second kappa shape index (κ2) is 10.8. The van der Waals surface area contributed by atoms with Crippen LogP contribution in [0.25, 0.3) is 5.69 Å². The molecule has 3 aromatic rings. The average Bonchev–Trinajstić information content (AvgIpc) is 3.21. The summed E-state index contributed by atoms with van der Waals surface area (Å²) in [6.07, 6.45) is 0. The molecule has 170 valence electrons.